The molecule has 0 saturated heterocycles. The molecular formula is C10H19N3O. The minimum Gasteiger partial charge on any atom is -0.330 e. The van der Waals surface area contributed by atoms with Gasteiger partial charge in [0.05, 0.1) is 11.6 Å². The Bertz CT molecular complexity index is 234. The third kappa shape index (κ3) is 4.87. The molecule has 0 bridgehead atoms. The van der Waals surface area contributed by atoms with E-state index < -0.39 is 0 Å². The monoisotopic (exact) mass is 197 g/mol. The summed E-state index contributed by atoms with van der Waals surface area (Å²) in [4.78, 5) is 19.3. The van der Waals surface area contributed by atoms with Crippen LogP contribution in [-0.2, 0) is 4.79 Å². The zero-order chi connectivity index (χ0) is 11.0. The van der Waals surface area contributed by atoms with Gasteiger partial charge in [-0.1, -0.05) is 0 Å². The highest BCUT2D eigenvalue weighted by molar-refractivity contribution is 6.35. The van der Waals surface area contributed by atoms with Crippen molar-refractivity contribution in [3.63, 3.8) is 0 Å². The largest absolute Gasteiger partial charge is 0.330 e. The Morgan fingerprint density at radius 1 is 1.57 bits per heavy atom. The van der Waals surface area contributed by atoms with Crippen molar-refractivity contribution in [3.05, 3.63) is 0 Å². The van der Waals surface area contributed by atoms with Gasteiger partial charge in [0, 0.05) is 19.8 Å². The Labute approximate surface area is 85.3 Å². The van der Waals surface area contributed by atoms with Gasteiger partial charge in [-0.05, 0) is 26.8 Å². The molecule has 0 rings (SSSR count). The average molecular weight is 197 g/mol. The lowest BCUT2D eigenvalue weighted by Gasteiger charge is -2.06. The molecule has 14 heavy (non-hydrogen) atoms. The third-order valence-electron chi connectivity index (χ3n) is 1.97. The van der Waals surface area contributed by atoms with Gasteiger partial charge in [-0.3, -0.25) is 14.8 Å². The van der Waals surface area contributed by atoms with Crippen LogP contribution in [0.2, 0.25) is 0 Å². The molecule has 0 fully saturated rings. The number of hydrogen-bond donors (Lipinski definition) is 1. The van der Waals surface area contributed by atoms with Crippen molar-refractivity contribution in [2.24, 2.45) is 21.6 Å². The predicted octanol–water partition coefficient (Wildman–Crippen LogP) is 0.702. The Hall–Kier alpha value is -1.03. The topological polar surface area (TPSA) is 67.8 Å². The molecule has 80 valence electrons. The van der Waals surface area contributed by atoms with Crippen LogP contribution in [0.15, 0.2) is 9.98 Å². The number of Topliss-reactive ketones (excluding diaryl/α,β-unsaturated/α-hetero) is 1. The first-order valence-corrected chi connectivity index (χ1v) is 4.80. The normalized spacial score (nSPS) is 14.7. The minimum absolute atomic E-state index is 0.108. The summed E-state index contributed by atoms with van der Waals surface area (Å²) >= 11 is 0. The van der Waals surface area contributed by atoms with E-state index in [0.29, 0.717) is 13.1 Å². The second kappa shape index (κ2) is 7.38. The summed E-state index contributed by atoms with van der Waals surface area (Å²) in [5.74, 6) is -0.0622. The van der Waals surface area contributed by atoms with Gasteiger partial charge in [-0.2, -0.15) is 0 Å². The number of rotatable bonds is 6. The number of nitrogens with zero attached hydrogens (tertiary/aromatic N) is 2. The average Bonchev–Trinajstić information content (AvgIpc) is 2.15. The van der Waals surface area contributed by atoms with Crippen molar-refractivity contribution in [3.8, 4) is 0 Å². The van der Waals surface area contributed by atoms with E-state index in [1.54, 1.807) is 20.2 Å². The van der Waals surface area contributed by atoms with E-state index in [-0.39, 0.29) is 11.7 Å². The molecule has 1 unspecified atom stereocenters. The lowest BCUT2D eigenvalue weighted by molar-refractivity contribution is -0.118. The first-order chi connectivity index (χ1) is 6.63. The minimum atomic E-state index is -0.170. The number of aliphatic imine (C=N–C) groups is 2. The van der Waals surface area contributed by atoms with E-state index >= 15 is 0 Å². The molecule has 0 aliphatic carbocycles. The van der Waals surface area contributed by atoms with Gasteiger partial charge in [-0.15, -0.1) is 0 Å². The van der Waals surface area contributed by atoms with Gasteiger partial charge in [0.15, 0.2) is 0 Å². The summed E-state index contributed by atoms with van der Waals surface area (Å²) in [7, 11) is 1.67. The molecule has 0 amide bonds. The fourth-order valence-electron chi connectivity index (χ4n) is 0.930. The predicted molar refractivity (Wildman–Crippen MR) is 60.2 cm³/mol. The number of nitrogens with two attached hydrogens (primary N) is 1. The number of carbonyl (C=O) groups is 1. The molecule has 0 spiro atoms. The van der Waals surface area contributed by atoms with Gasteiger partial charge in [0.25, 0.3) is 0 Å². The van der Waals surface area contributed by atoms with E-state index in [9.17, 15) is 4.79 Å². The quantitative estimate of drug-likeness (QED) is 0.503. The Morgan fingerprint density at radius 3 is 2.64 bits per heavy atom. The molecule has 0 aromatic carbocycles. The van der Waals surface area contributed by atoms with E-state index in [2.05, 4.69) is 9.98 Å². The van der Waals surface area contributed by atoms with Crippen LogP contribution in [0.1, 0.15) is 20.3 Å². The van der Waals surface area contributed by atoms with Crippen LogP contribution in [0.25, 0.3) is 0 Å². The molecule has 0 heterocycles. The van der Waals surface area contributed by atoms with Gasteiger partial charge in [0.2, 0.25) is 0 Å². The Kier molecular flexibility index (Phi) is 6.84. The van der Waals surface area contributed by atoms with Crippen LogP contribution in [0.4, 0.5) is 0 Å². The van der Waals surface area contributed by atoms with Crippen molar-refractivity contribution in [2.75, 3.05) is 20.1 Å². The molecule has 0 aromatic rings. The highest BCUT2D eigenvalue weighted by Crippen LogP contribution is 2.00. The fourth-order valence-corrected chi connectivity index (χ4v) is 0.930. The van der Waals surface area contributed by atoms with Crippen LogP contribution >= 0.6 is 0 Å². The number of ketones is 1. The van der Waals surface area contributed by atoms with Crippen LogP contribution in [-0.4, -0.2) is 37.8 Å². The van der Waals surface area contributed by atoms with E-state index in [1.807, 2.05) is 6.92 Å². The summed E-state index contributed by atoms with van der Waals surface area (Å²) < 4.78 is 0. The van der Waals surface area contributed by atoms with Crippen molar-refractivity contribution in [1.82, 2.24) is 0 Å². The fraction of sp³-hybridized carbons (Fsp3) is 0.700. The standard InChI is InChI=1S/C10H19N3O/c1-8(9(2)14)10(7-12-3)13-6-4-5-11/h7-8H,4-6,11H2,1-3H3. The summed E-state index contributed by atoms with van der Waals surface area (Å²) in [5.41, 5.74) is 6.10. The lowest BCUT2D eigenvalue weighted by atomic mass is 10.0. The van der Waals surface area contributed by atoms with Crippen molar-refractivity contribution >= 4 is 17.7 Å². The van der Waals surface area contributed by atoms with Gasteiger partial charge < -0.3 is 5.73 Å². The van der Waals surface area contributed by atoms with Crippen LogP contribution in [0.5, 0.6) is 0 Å². The molecule has 0 radical (unpaired) electrons. The third-order valence-corrected chi connectivity index (χ3v) is 1.97. The molecule has 0 saturated carbocycles. The van der Waals surface area contributed by atoms with Crippen molar-refractivity contribution in [1.29, 1.82) is 0 Å². The first kappa shape index (κ1) is 13.0. The zero-order valence-electron chi connectivity index (χ0n) is 9.16. The van der Waals surface area contributed by atoms with E-state index in [0.717, 1.165) is 12.1 Å². The maximum Gasteiger partial charge on any atom is 0.138 e. The second-order valence-corrected chi connectivity index (χ2v) is 3.17. The van der Waals surface area contributed by atoms with Gasteiger partial charge >= 0.3 is 0 Å². The Balaban J connectivity index is 4.41. The summed E-state index contributed by atoms with van der Waals surface area (Å²) in [5, 5.41) is 0. The zero-order valence-corrected chi connectivity index (χ0v) is 9.16. The van der Waals surface area contributed by atoms with E-state index in [1.165, 1.54) is 0 Å². The van der Waals surface area contributed by atoms with Crippen LogP contribution in [0.3, 0.4) is 0 Å². The smallest absolute Gasteiger partial charge is 0.138 e. The molecule has 4 heteroatoms. The highest BCUT2D eigenvalue weighted by Gasteiger charge is 2.12. The SMILES string of the molecule is CN=CC(=NCCCN)C(C)C(C)=O. The molecule has 4 nitrogen and oxygen atoms in total. The van der Waals surface area contributed by atoms with Crippen LogP contribution < -0.4 is 5.73 Å². The number of carbonyl (C=O) groups excluding carboxylic acids is 1. The first-order valence-electron chi connectivity index (χ1n) is 4.80. The molecule has 0 aromatic heterocycles. The maximum absolute atomic E-state index is 11.1. The maximum atomic E-state index is 11.1. The molecule has 1 atom stereocenters. The Morgan fingerprint density at radius 2 is 2.21 bits per heavy atom. The van der Waals surface area contributed by atoms with Gasteiger partial charge in [-0.25, -0.2) is 0 Å². The van der Waals surface area contributed by atoms with Crippen molar-refractivity contribution in [2.45, 2.75) is 20.3 Å². The van der Waals surface area contributed by atoms with E-state index in [4.69, 9.17) is 5.73 Å². The van der Waals surface area contributed by atoms with Crippen molar-refractivity contribution < 1.29 is 4.79 Å². The van der Waals surface area contributed by atoms with Gasteiger partial charge in [0.1, 0.15) is 5.78 Å². The number of hydrogen-bond acceptors (Lipinski definition) is 4. The lowest BCUT2D eigenvalue weighted by Crippen LogP contribution is -2.20. The molecule has 2 N–H and O–H groups in total. The molecule has 0 aliphatic rings. The molecular weight excluding hydrogens is 178 g/mol. The summed E-state index contributed by atoms with van der Waals surface area (Å²) in [6.07, 6.45) is 2.48. The summed E-state index contributed by atoms with van der Waals surface area (Å²) in [6.45, 7) is 4.68. The summed E-state index contributed by atoms with van der Waals surface area (Å²) in [6, 6.07) is 0. The second-order valence-electron chi connectivity index (χ2n) is 3.17. The molecule has 0 aliphatic heterocycles. The van der Waals surface area contributed by atoms with Crippen LogP contribution in [0, 0.1) is 5.92 Å². The highest BCUT2D eigenvalue weighted by atomic mass is 16.1.